The summed E-state index contributed by atoms with van der Waals surface area (Å²) in [6, 6.07) is 21.4. The SMILES string of the molecule is Fc1cc(-c2ccccc2)c(-c2ccccc2)cc1F. The summed E-state index contributed by atoms with van der Waals surface area (Å²) in [6.07, 6.45) is 0. The van der Waals surface area contributed by atoms with Crippen molar-refractivity contribution in [2.45, 2.75) is 0 Å². The van der Waals surface area contributed by atoms with Crippen molar-refractivity contribution in [3.05, 3.63) is 84.4 Å². The molecule has 0 aliphatic rings. The summed E-state index contributed by atoms with van der Waals surface area (Å²) in [5, 5.41) is 0. The fourth-order valence-electron chi connectivity index (χ4n) is 2.26. The van der Waals surface area contributed by atoms with Crippen LogP contribution >= 0.6 is 0 Å². The number of hydrogen-bond donors (Lipinski definition) is 0. The largest absolute Gasteiger partial charge is 0.204 e. The van der Waals surface area contributed by atoms with Gasteiger partial charge in [-0.15, -0.1) is 0 Å². The van der Waals surface area contributed by atoms with Crippen LogP contribution in [0.3, 0.4) is 0 Å². The zero-order valence-corrected chi connectivity index (χ0v) is 10.7. The summed E-state index contributed by atoms with van der Waals surface area (Å²) in [5.41, 5.74) is 3.11. The van der Waals surface area contributed by atoms with E-state index in [0.717, 1.165) is 11.1 Å². The molecular formula is C18H12F2. The third-order valence-corrected chi connectivity index (χ3v) is 3.23. The Kier molecular flexibility index (Phi) is 3.30. The van der Waals surface area contributed by atoms with Crippen LogP contribution in [0.1, 0.15) is 0 Å². The van der Waals surface area contributed by atoms with E-state index < -0.39 is 11.6 Å². The maximum atomic E-state index is 13.6. The highest BCUT2D eigenvalue weighted by Gasteiger charge is 2.12. The summed E-state index contributed by atoms with van der Waals surface area (Å²) in [7, 11) is 0. The fourth-order valence-corrected chi connectivity index (χ4v) is 2.26. The van der Waals surface area contributed by atoms with Crippen molar-refractivity contribution in [1.29, 1.82) is 0 Å². The van der Waals surface area contributed by atoms with Gasteiger partial charge in [0.2, 0.25) is 0 Å². The second-order valence-electron chi connectivity index (χ2n) is 4.54. The van der Waals surface area contributed by atoms with E-state index in [-0.39, 0.29) is 0 Å². The van der Waals surface area contributed by atoms with Crippen molar-refractivity contribution < 1.29 is 8.78 Å². The van der Waals surface area contributed by atoms with E-state index in [2.05, 4.69) is 0 Å². The van der Waals surface area contributed by atoms with Crippen LogP contribution in [0, 0.1) is 11.6 Å². The topological polar surface area (TPSA) is 0 Å². The highest BCUT2D eigenvalue weighted by molar-refractivity contribution is 5.83. The first-order valence-corrected chi connectivity index (χ1v) is 6.35. The number of hydrogen-bond acceptors (Lipinski definition) is 0. The molecule has 20 heavy (non-hydrogen) atoms. The molecule has 98 valence electrons. The van der Waals surface area contributed by atoms with Gasteiger partial charge in [0.25, 0.3) is 0 Å². The molecule has 0 atom stereocenters. The van der Waals surface area contributed by atoms with Crippen molar-refractivity contribution in [1.82, 2.24) is 0 Å². The van der Waals surface area contributed by atoms with Gasteiger partial charge in [0.05, 0.1) is 0 Å². The van der Waals surface area contributed by atoms with Gasteiger partial charge < -0.3 is 0 Å². The Morgan fingerprint density at radius 1 is 0.500 bits per heavy atom. The lowest BCUT2D eigenvalue weighted by atomic mass is 9.94. The molecule has 0 aliphatic heterocycles. The van der Waals surface area contributed by atoms with E-state index in [1.807, 2.05) is 60.7 Å². The molecule has 0 fully saturated rings. The molecule has 0 amide bonds. The maximum absolute atomic E-state index is 13.6. The van der Waals surface area contributed by atoms with Crippen molar-refractivity contribution >= 4 is 0 Å². The van der Waals surface area contributed by atoms with Crippen LogP contribution in [-0.4, -0.2) is 0 Å². The van der Waals surface area contributed by atoms with E-state index in [9.17, 15) is 8.78 Å². The highest BCUT2D eigenvalue weighted by atomic mass is 19.2. The van der Waals surface area contributed by atoms with E-state index in [4.69, 9.17) is 0 Å². The maximum Gasteiger partial charge on any atom is 0.159 e. The molecule has 0 aliphatic carbocycles. The summed E-state index contributed by atoms with van der Waals surface area (Å²) in [4.78, 5) is 0. The van der Waals surface area contributed by atoms with Crippen molar-refractivity contribution in [3.8, 4) is 22.3 Å². The molecule has 0 N–H and O–H groups in total. The number of rotatable bonds is 2. The summed E-state index contributed by atoms with van der Waals surface area (Å²) >= 11 is 0. The van der Waals surface area contributed by atoms with Gasteiger partial charge >= 0.3 is 0 Å². The van der Waals surface area contributed by atoms with E-state index in [1.54, 1.807) is 0 Å². The molecular weight excluding hydrogens is 254 g/mol. The smallest absolute Gasteiger partial charge is 0.159 e. The lowest BCUT2D eigenvalue weighted by Crippen LogP contribution is -1.91. The van der Waals surface area contributed by atoms with Gasteiger partial charge in [0.1, 0.15) is 0 Å². The molecule has 0 saturated carbocycles. The molecule has 0 unspecified atom stereocenters. The first-order valence-electron chi connectivity index (χ1n) is 6.35. The second kappa shape index (κ2) is 5.25. The summed E-state index contributed by atoms with van der Waals surface area (Å²) in [6.45, 7) is 0. The number of halogens is 2. The normalized spacial score (nSPS) is 10.5. The van der Waals surface area contributed by atoms with Crippen LogP contribution in [-0.2, 0) is 0 Å². The van der Waals surface area contributed by atoms with Gasteiger partial charge in [0.15, 0.2) is 11.6 Å². The van der Waals surface area contributed by atoms with Crippen LogP contribution in [0.25, 0.3) is 22.3 Å². The third-order valence-electron chi connectivity index (χ3n) is 3.23. The van der Waals surface area contributed by atoms with E-state index in [0.29, 0.717) is 11.1 Å². The van der Waals surface area contributed by atoms with Gasteiger partial charge in [-0.2, -0.15) is 0 Å². The van der Waals surface area contributed by atoms with Crippen molar-refractivity contribution in [3.63, 3.8) is 0 Å². The zero-order chi connectivity index (χ0) is 13.9. The van der Waals surface area contributed by atoms with Crippen LogP contribution in [0.5, 0.6) is 0 Å². The Hall–Kier alpha value is -2.48. The molecule has 0 spiro atoms. The molecule has 2 heteroatoms. The average Bonchev–Trinajstić information content (AvgIpc) is 2.51. The van der Waals surface area contributed by atoms with Crippen LogP contribution in [0.4, 0.5) is 8.78 Å². The Labute approximate surface area is 116 Å². The van der Waals surface area contributed by atoms with Crippen LogP contribution in [0.2, 0.25) is 0 Å². The van der Waals surface area contributed by atoms with Gasteiger partial charge in [-0.3, -0.25) is 0 Å². The lowest BCUT2D eigenvalue weighted by molar-refractivity contribution is 0.509. The average molecular weight is 266 g/mol. The third kappa shape index (κ3) is 2.32. The Morgan fingerprint density at radius 2 is 0.850 bits per heavy atom. The van der Waals surface area contributed by atoms with Gasteiger partial charge in [-0.05, 0) is 34.4 Å². The molecule has 3 aromatic rings. The first-order chi connectivity index (χ1) is 9.75. The molecule has 3 aromatic carbocycles. The monoisotopic (exact) mass is 266 g/mol. The molecule has 0 aromatic heterocycles. The Morgan fingerprint density at radius 3 is 1.20 bits per heavy atom. The predicted molar refractivity (Wildman–Crippen MR) is 77.2 cm³/mol. The summed E-state index contributed by atoms with van der Waals surface area (Å²) < 4.78 is 27.2. The predicted octanol–water partition coefficient (Wildman–Crippen LogP) is 5.30. The summed E-state index contributed by atoms with van der Waals surface area (Å²) in [5.74, 6) is -1.66. The minimum atomic E-state index is -0.830. The van der Waals surface area contributed by atoms with E-state index in [1.165, 1.54) is 12.1 Å². The van der Waals surface area contributed by atoms with Crippen LogP contribution < -0.4 is 0 Å². The molecule has 0 bridgehead atoms. The van der Waals surface area contributed by atoms with Gasteiger partial charge in [-0.1, -0.05) is 60.7 Å². The molecule has 0 saturated heterocycles. The highest BCUT2D eigenvalue weighted by Crippen LogP contribution is 2.33. The van der Waals surface area contributed by atoms with Crippen LogP contribution in [0.15, 0.2) is 72.8 Å². The number of benzene rings is 3. The Bertz CT molecular complexity index is 655. The zero-order valence-electron chi connectivity index (χ0n) is 10.7. The minimum Gasteiger partial charge on any atom is -0.204 e. The molecule has 0 heterocycles. The minimum absolute atomic E-state index is 0.690. The molecule has 0 nitrogen and oxygen atoms in total. The molecule has 0 radical (unpaired) electrons. The quantitative estimate of drug-likeness (QED) is 0.590. The van der Waals surface area contributed by atoms with Crippen molar-refractivity contribution in [2.75, 3.05) is 0 Å². The van der Waals surface area contributed by atoms with Gasteiger partial charge in [0, 0.05) is 0 Å². The standard InChI is InChI=1S/C18H12F2/c19-17-11-15(13-7-3-1-4-8-13)16(12-18(17)20)14-9-5-2-6-10-14/h1-12H. The second-order valence-corrected chi connectivity index (χ2v) is 4.54. The first kappa shape index (κ1) is 12.5. The van der Waals surface area contributed by atoms with Gasteiger partial charge in [-0.25, -0.2) is 8.78 Å². The molecule has 3 rings (SSSR count). The van der Waals surface area contributed by atoms with Crippen molar-refractivity contribution in [2.24, 2.45) is 0 Å². The van der Waals surface area contributed by atoms with E-state index >= 15 is 0 Å². The fraction of sp³-hybridized carbons (Fsp3) is 0. The lowest BCUT2D eigenvalue weighted by Gasteiger charge is -2.11. The Balaban J connectivity index is 2.26.